The first kappa shape index (κ1) is 34.3. The highest BCUT2D eigenvalue weighted by molar-refractivity contribution is 6.02. The second-order valence-corrected chi connectivity index (χ2v) is 9.11. The summed E-state index contributed by atoms with van der Waals surface area (Å²) in [6.45, 7) is 1.48. The van der Waals surface area contributed by atoms with E-state index in [1.807, 2.05) is 0 Å². The summed E-state index contributed by atoms with van der Waals surface area (Å²) >= 11 is 0. The van der Waals surface area contributed by atoms with Crippen LogP contribution in [0.25, 0.3) is 0 Å². The average molecular weight is 615 g/mol. The van der Waals surface area contributed by atoms with Gasteiger partial charge in [-0.05, 0) is 26.7 Å². The molecule has 2 aliphatic rings. The Labute approximate surface area is 243 Å². The average Bonchev–Trinajstić information content (AvgIpc) is 3.42. The fourth-order valence-electron chi connectivity index (χ4n) is 3.35. The summed E-state index contributed by atoms with van der Waals surface area (Å²) in [6.07, 6.45) is -4.37. The summed E-state index contributed by atoms with van der Waals surface area (Å²) in [5, 5.41) is 0.759. The molecule has 2 aliphatic heterocycles. The maximum Gasteiger partial charge on any atom is 0.350 e. The van der Waals surface area contributed by atoms with E-state index in [0.29, 0.717) is 10.1 Å². The molecule has 2 atom stereocenters. The molecule has 2 fully saturated rings. The molecule has 4 amide bonds. The van der Waals surface area contributed by atoms with Gasteiger partial charge in [0.15, 0.2) is 12.2 Å². The lowest BCUT2D eigenvalue weighted by Gasteiger charge is -2.15. The monoisotopic (exact) mass is 614 g/mol. The van der Waals surface area contributed by atoms with Gasteiger partial charge in [-0.15, -0.1) is 10.1 Å². The number of carbonyl (C=O) groups excluding carboxylic acids is 10. The van der Waals surface area contributed by atoms with Crippen LogP contribution in [0.15, 0.2) is 0 Å². The van der Waals surface area contributed by atoms with Crippen LogP contribution in [-0.4, -0.2) is 88.6 Å². The molecule has 2 heterocycles. The second-order valence-electron chi connectivity index (χ2n) is 9.11. The van der Waals surface area contributed by atoms with Crippen molar-refractivity contribution in [3.8, 4) is 0 Å². The molecule has 0 bridgehead atoms. The number of hydroxylamine groups is 4. The number of carbonyl (C=O) groups is 10. The maximum atomic E-state index is 12.0. The van der Waals surface area contributed by atoms with Gasteiger partial charge in [-0.1, -0.05) is 0 Å². The van der Waals surface area contributed by atoms with Gasteiger partial charge in [0.1, 0.15) is 0 Å². The van der Waals surface area contributed by atoms with Crippen molar-refractivity contribution in [2.24, 2.45) is 0 Å². The summed E-state index contributed by atoms with van der Waals surface area (Å²) in [5.41, 5.74) is 0. The van der Waals surface area contributed by atoms with Crippen LogP contribution in [0.2, 0.25) is 0 Å². The molecule has 18 nitrogen and oxygen atoms in total. The fourth-order valence-corrected chi connectivity index (χ4v) is 3.35. The Bertz CT molecular complexity index is 1040. The number of rotatable bonds is 16. The fraction of sp³-hybridized carbons (Fsp3) is 0.600. The maximum absolute atomic E-state index is 12.0. The molecule has 2 saturated heterocycles. The van der Waals surface area contributed by atoms with E-state index in [-0.39, 0.29) is 64.2 Å². The molecule has 0 radical (unpaired) electrons. The normalized spacial score (nSPS) is 16.0. The lowest BCUT2D eigenvalue weighted by atomic mass is 10.2. The molecule has 0 saturated carbocycles. The molecule has 2 rings (SSSR count). The minimum absolute atomic E-state index is 0.0594. The van der Waals surface area contributed by atoms with Gasteiger partial charge < -0.3 is 28.6 Å². The summed E-state index contributed by atoms with van der Waals surface area (Å²) in [4.78, 5) is 126. The highest BCUT2D eigenvalue weighted by Gasteiger charge is 2.34. The lowest BCUT2D eigenvalue weighted by molar-refractivity contribution is -0.197. The zero-order chi connectivity index (χ0) is 32.1. The van der Waals surface area contributed by atoms with Gasteiger partial charge in [0.2, 0.25) is 6.79 Å². The Morgan fingerprint density at radius 3 is 1.19 bits per heavy atom. The Kier molecular flexibility index (Phi) is 13.2. The van der Waals surface area contributed by atoms with E-state index in [2.05, 4.69) is 19.1 Å². The third-order valence-electron chi connectivity index (χ3n) is 5.60. The van der Waals surface area contributed by atoms with Crippen molar-refractivity contribution >= 4 is 59.4 Å². The second kappa shape index (κ2) is 16.5. The van der Waals surface area contributed by atoms with Crippen LogP contribution in [0.1, 0.15) is 78.1 Å². The number of hydrogen-bond acceptors (Lipinski definition) is 16. The molecule has 0 spiro atoms. The van der Waals surface area contributed by atoms with Crippen LogP contribution in [0.4, 0.5) is 0 Å². The smallest absolute Gasteiger partial charge is 0.350 e. The van der Waals surface area contributed by atoms with Gasteiger partial charge in [-0.3, -0.25) is 28.8 Å². The van der Waals surface area contributed by atoms with Crippen molar-refractivity contribution < 1.29 is 76.6 Å². The summed E-state index contributed by atoms with van der Waals surface area (Å²) < 4.78 is 19.1. The van der Waals surface area contributed by atoms with Crippen LogP contribution in [0.3, 0.4) is 0 Å². The van der Waals surface area contributed by atoms with Crippen LogP contribution in [-0.2, 0) is 76.6 Å². The number of hydrogen-bond donors (Lipinski definition) is 0. The van der Waals surface area contributed by atoms with Crippen LogP contribution < -0.4 is 0 Å². The van der Waals surface area contributed by atoms with E-state index in [4.69, 9.17) is 9.47 Å². The Balaban J connectivity index is 1.55. The number of ether oxygens (including phenoxy) is 4. The highest BCUT2D eigenvalue weighted by Crippen LogP contribution is 2.15. The van der Waals surface area contributed by atoms with Gasteiger partial charge >= 0.3 is 35.8 Å². The van der Waals surface area contributed by atoms with Gasteiger partial charge in [0.25, 0.3) is 23.6 Å². The largest absolute Gasteiger partial charge is 0.451 e. The third kappa shape index (κ3) is 11.5. The number of amides is 4. The molecule has 236 valence electrons. The molecule has 0 aromatic heterocycles. The number of esters is 4. The van der Waals surface area contributed by atoms with Crippen LogP contribution in [0.5, 0.6) is 0 Å². The van der Waals surface area contributed by atoms with Crippen molar-refractivity contribution in [1.29, 1.82) is 0 Å². The highest BCUT2D eigenvalue weighted by atomic mass is 16.7. The molecule has 0 aromatic rings. The number of imide groups is 2. The first-order chi connectivity index (χ1) is 20.3. The Hall–Kier alpha value is -4.90. The Morgan fingerprint density at radius 1 is 0.558 bits per heavy atom. The van der Waals surface area contributed by atoms with Crippen LogP contribution in [0, 0.1) is 0 Å². The van der Waals surface area contributed by atoms with Gasteiger partial charge in [-0.2, -0.15) is 0 Å². The third-order valence-corrected chi connectivity index (χ3v) is 5.60. The Morgan fingerprint density at radius 2 is 0.860 bits per heavy atom. The molecule has 43 heavy (non-hydrogen) atoms. The predicted octanol–water partition coefficient (Wildman–Crippen LogP) is -0.551. The molecular formula is C25H30N2O16. The van der Waals surface area contributed by atoms with Gasteiger partial charge in [0, 0.05) is 51.4 Å². The van der Waals surface area contributed by atoms with Crippen molar-refractivity contribution in [2.45, 2.75) is 90.3 Å². The minimum Gasteiger partial charge on any atom is -0.451 e. The van der Waals surface area contributed by atoms with E-state index in [1.165, 1.54) is 13.8 Å². The first-order valence-corrected chi connectivity index (χ1v) is 13.1. The molecule has 0 aromatic carbocycles. The number of nitrogens with zero attached hydrogens (tertiary/aromatic N) is 2. The molecule has 0 N–H and O–H groups in total. The van der Waals surface area contributed by atoms with E-state index in [9.17, 15) is 47.9 Å². The van der Waals surface area contributed by atoms with E-state index in [0.717, 1.165) is 0 Å². The molecule has 0 aliphatic carbocycles. The van der Waals surface area contributed by atoms with Crippen molar-refractivity contribution in [3.63, 3.8) is 0 Å². The zero-order valence-corrected chi connectivity index (χ0v) is 23.4. The topological polar surface area (TPSA) is 233 Å². The molecular weight excluding hydrogens is 584 g/mol. The van der Waals surface area contributed by atoms with Gasteiger partial charge in [-0.25, -0.2) is 19.2 Å². The summed E-state index contributed by atoms with van der Waals surface area (Å²) in [7, 11) is 0. The lowest BCUT2D eigenvalue weighted by Crippen LogP contribution is -2.32. The predicted molar refractivity (Wildman–Crippen MR) is 130 cm³/mol. The molecule has 2 unspecified atom stereocenters. The minimum atomic E-state index is -1.40. The summed E-state index contributed by atoms with van der Waals surface area (Å²) in [5.74, 6) is -8.24. The zero-order valence-electron chi connectivity index (χ0n) is 23.4. The van der Waals surface area contributed by atoms with Crippen molar-refractivity contribution in [3.05, 3.63) is 0 Å². The van der Waals surface area contributed by atoms with E-state index in [1.54, 1.807) is 0 Å². The molecule has 18 heteroatoms. The quantitative estimate of drug-likeness (QED) is 0.0918. The SMILES string of the molecule is CC(OC(=O)CCCC(=O)ON1C(=O)CCC1=O)C(=O)OCOC(=O)C(C)OC(=O)CCCC(=O)ON1C(=O)CCC1=O. The van der Waals surface area contributed by atoms with E-state index >= 15 is 0 Å². The van der Waals surface area contributed by atoms with Gasteiger partial charge in [0.05, 0.1) is 0 Å². The van der Waals surface area contributed by atoms with Crippen LogP contribution >= 0.6 is 0 Å². The van der Waals surface area contributed by atoms with Crippen molar-refractivity contribution in [1.82, 2.24) is 10.1 Å². The summed E-state index contributed by atoms with van der Waals surface area (Å²) in [6, 6.07) is 0. The standard InChI is InChI=1S/C25H30N2O16/c1-14(40-20(32)5-3-7-22(34)42-26-16(28)9-10-17(26)29)24(36)38-13-39-25(37)15(2)41-21(33)6-4-8-23(35)43-27-18(30)11-12-19(27)31/h14-15H,3-13H2,1-2H3. The van der Waals surface area contributed by atoms with Crippen molar-refractivity contribution in [2.75, 3.05) is 6.79 Å². The first-order valence-electron chi connectivity index (χ1n) is 13.1. The van der Waals surface area contributed by atoms with E-state index < -0.39 is 78.4 Å².